The molecule has 0 aliphatic heterocycles. The van der Waals surface area contributed by atoms with Gasteiger partial charge in [0.25, 0.3) is 0 Å². The Balaban J connectivity index is 2.69. The molecule has 0 bridgehead atoms. The second-order valence-corrected chi connectivity index (χ2v) is 6.82. The molecule has 0 heterocycles. The maximum atomic E-state index is 12.3. The Labute approximate surface area is 122 Å². The molecule has 0 aromatic rings. The first kappa shape index (κ1) is 17.0. The van der Waals surface area contributed by atoms with Gasteiger partial charge >= 0.3 is 5.97 Å². The molecular weight excluding hydrogens is 254 g/mol. The maximum absolute atomic E-state index is 12.3. The molecule has 2 N–H and O–H groups in total. The summed E-state index contributed by atoms with van der Waals surface area (Å²) < 4.78 is 0. The van der Waals surface area contributed by atoms with Gasteiger partial charge in [-0.2, -0.15) is 0 Å². The minimum Gasteiger partial charge on any atom is -0.481 e. The summed E-state index contributed by atoms with van der Waals surface area (Å²) in [5, 5.41) is 12.5. The second kappa shape index (κ2) is 6.59. The van der Waals surface area contributed by atoms with Gasteiger partial charge in [-0.3, -0.25) is 9.59 Å². The first-order valence-electron chi connectivity index (χ1n) is 7.80. The molecule has 0 radical (unpaired) electrons. The zero-order chi connectivity index (χ0) is 15.4. The largest absolute Gasteiger partial charge is 0.481 e. The highest BCUT2D eigenvalue weighted by atomic mass is 16.4. The molecule has 1 saturated carbocycles. The fraction of sp³-hybridized carbons (Fsp3) is 0.875. The monoisotopic (exact) mass is 283 g/mol. The fourth-order valence-corrected chi connectivity index (χ4v) is 3.19. The zero-order valence-electron chi connectivity index (χ0n) is 13.3. The van der Waals surface area contributed by atoms with E-state index in [0.717, 1.165) is 19.3 Å². The lowest BCUT2D eigenvalue weighted by Crippen LogP contribution is -2.48. The van der Waals surface area contributed by atoms with Crippen LogP contribution in [0.15, 0.2) is 0 Å². The van der Waals surface area contributed by atoms with Gasteiger partial charge in [0.05, 0.1) is 5.41 Å². The van der Waals surface area contributed by atoms with Gasteiger partial charge in [0.15, 0.2) is 0 Å². The van der Waals surface area contributed by atoms with E-state index in [1.807, 2.05) is 13.8 Å². The predicted octanol–water partition coefficient (Wildman–Crippen LogP) is 3.35. The molecule has 20 heavy (non-hydrogen) atoms. The van der Waals surface area contributed by atoms with Crippen LogP contribution in [0.4, 0.5) is 0 Å². The number of nitrogens with one attached hydrogen (secondary N) is 1. The van der Waals surface area contributed by atoms with E-state index in [1.54, 1.807) is 0 Å². The number of amides is 1. The highest BCUT2D eigenvalue weighted by Crippen LogP contribution is 2.36. The van der Waals surface area contributed by atoms with E-state index in [9.17, 15) is 14.7 Å². The zero-order valence-corrected chi connectivity index (χ0v) is 13.3. The molecular formula is C16H29NO3. The Kier molecular flexibility index (Phi) is 5.60. The Morgan fingerprint density at radius 2 is 1.85 bits per heavy atom. The molecule has 1 aliphatic carbocycles. The molecule has 1 atom stereocenters. The molecule has 0 aromatic carbocycles. The Hall–Kier alpha value is -1.06. The molecule has 0 saturated heterocycles. The fourth-order valence-electron chi connectivity index (χ4n) is 3.19. The van der Waals surface area contributed by atoms with Crippen molar-refractivity contribution in [1.29, 1.82) is 0 Å². The van der Waals surface area contributed by atoms with Gasteiger partial charge in [-0.15, -0.1) is 0 Å². The predicted molar refractivity (Wildman–Crippen MR) is 79.4 cm³/mol. The van der Waals surface area contributed by atoms with Crippen molar-refractivity contribution in [2.24, 2.45) is 10.8 Å². The Morgan fingerprint density at radius 3 is 2.30 bits per heavy atom. The van der Waals surface area contributed by atoms with E-state index in [-0.39, 0.29) is 23.8 Å². The van der Waals surface area contributed by atoms with Gasteiger partial charge in [0.1, 0.15) is 0 Å². The van der Waals surface area contributed by atoms with Crippen molar-refractivity contribution in [1.82, 2.24) is 5.32 Å². The number of carbonyl (C=O) groups excluding carboxylic acids is 1. The second-order valence-electron chi connectivity index (χ2n) is 6.82. The summed E-state index contributed by atoms with van der Waals surface area (Å²) in [7, 11) is 0. The van der Waals surface area contributed by atoms with Crippen molar-refractivity contribution in [3.8, 4) is 0 Å². The molecule has 4 nitrogen and oxygen atoms in total. The molecule has 1 aliphatic rings. The molecule has 1 unspecified atom stereocenters. The Bertz CT molecular complexity index is 359. The number of carboxylic acids is 1. The topological polar surface area (TPSA) is 66.4 Å². The van der Waals surface area contributed by atoms with E-state index < -0.39 is 11.4 Å². The van der Waals surface area contributed by atoms with Crippen molar-refractivity contribution in [2.45, 2.75) is 78.7 Å². The normalized spacial score (nSPS) is 22.3. The number of carbonyl (C=O) groups is 2. The standard InChI is InChI=1S/C16H29NO3/c1-5-16(6-2,14(19)20)11-13(18)17-12-9-7-8-10-15(12,3)4/h12H,5-11H2,1-4H3,(H,17,18)(H,19,20). The third kappa shape index (κ3) is 3.74. The van der Waals surface area contributed by atoms with E-state index in [0.29, 0.717) is 12.8 Å². The minimum atomic E-state index is -0.914. The first-order chi connectivity index (χ1) is 9.27. The SMILES string of the molecule is CCC(CC)(CC(=O)NC1CCCCC1(C)C)C(=O)O. The summed E-state index contributed by atoms with van der Waals surface area (Å²) in [6.07, 6.45) is 5.52. The maximum Gasteiger partial charge on any atom is 0.310 e. The van der Waals surface area contributed by atoms with Gasteiger partial charge < -0.3 is 10.4 Å². The smallest absolute Gasteiger partial charge is 0.310 e. The van der Waals surface area contributed by atoms with Gasteiger partial charge in [-0.05, 0) is 31.1 Å². The van der Waals surface area contributed by atoms with Gasteiger partial charge in [0, 0.05) is 12.5 Å². The molecule has 1 fully saturated rings. The number of aliphatic carboxylic acids is 1. The van der Waals surface area contributed by atoms with E-state index >= 15 is 0 Å². The van der Waals surface area contributed by atoms with Crippen LogP contribution in [0.25, 0.3) is 0 Å². The molecule has 0 spiro atoms. The van der Waals surface area contributed by atoms with Crippen LogP contribution >= 0.6 is 0 Å². The third-order valence-corrected chi connectivity index (χ3v) is 5.15. The van der Waals surface area contributed by atoms with Crippen molar-refractivity contribution >= 4 is 11.9 Å². The lowest BCUT2D eigenvalue weighted by molar-refractivity contribution is -0.152. The van der Waals surface area contributed by atoms with Gasteiger partial charge in [-0.1, -0.05) is 40.5 Å². The van der Waals surface area contributed by atoms with Crippen LogP contribution in [0, 0.1) is 10.8 Å². The summed E-state index contributed by atoms with van der Waals surface area (Å²) in [6.45, 7) is 8.05. The van der Waals surface area contributed by atoms with Crippen LogP contribution in [0.1, 0.15) is 72.6 Å². The lowest BCUT2D eigenvalue weighted by atomic mass is 9.73. The van der Waals surface area contributed by atoms with Crippen LogP contribution in [-0.4, -0.2) is 23.0 Å². The van der Waals surface area contributed by atoms with Crippen molar-refractivity contribution in [3.05, 3.63) is 0 Å². The van der Waals surface area contributed by atoms with Gasteiger partial charge in [0.2, 0.25) is 5.91 Å². The van der Waals surface area contributed by atoms with Crippen molar-refractivity contribution < 1.29 is 14.7 Å². The average Bonchev–Trinajstić information content (AvgIpc) is 2.38. The number of rotatable bonds is 6. The Morgan fingerprint density at radius 1 is 1.25 bits per heavy atom. The van der Waals surface area contributed by atoms with Crippen LogP contribution in [-0.2, 0) is 9.59 Å². The highest BCUT2D eigenvalue weighted by Gasteiger charge is 2.39. The molecule has 116 valence electrons. The van der Waals surface area contributed by atoms with E-state index in [2.05, 4.69) is 19.2 Å². The van der Waals surface area contributed by atoms with Crippen LogP contribution in [0.5, 0.6) is 0 Å². The number of hydrogen-bond donors (Lipinski definition) is 2. The van der Waals surface area contributed by atoms with Crippen molar-refractivity contribution in [3.63, 3.8) is 0 Å². The van der Waals surface area contributed by atoms with E-state index in [4.69, 9.17) is 0 Å². The average molecular weight is 283 g/mol. The summed E-state index contributed by atoms with van der Waals surface area (Å²) in [5.41, 5.74) is -0.804. The quantitative estimate of drug-likeness (QED) is 0.785. The van der Waals surface area contributed by atoms with Crippen LogP contribution in [0.3, 0.4) is 0 Å². The lowest BCUT2D eigenvalue weighted by Gasteiger charge is -2.39. The summed E-state index contributed by atoms with van der Waals surface area (Å²) in [6, 6.07) is 0.170. The molecule has 1 rings (SSSR count). The summed E-state index contributed by atoms with van der Waals surface area (Å²) in [4.78, 5) is 23.7. The van der Waals surface area contributed by atoms with Crippen molar-refractivity contribution in [2.75, 3.05) is 0 Å². The van der Waals surface area contributed by atoms with E-state index in [1.165, 1.54) is 6.42 Å². The molecule has 1 amide bonds. The minimum absolute atomic E-state index is 0.0852. The summed E-state index contributed by atoms with van der Waals surface area (Å²) >= 11 is 0. The molecule has 0 aromatic heterocycles. The van der Waals surface area contributed by atoms with Crippen LogP contribution < -0.4 is 5.32 Å². The highest BCUT2D eigenvalue weighted by molar-refractivity contribution is 5.85. The first-order valence-corrected chi connectivity index (χ1v) is 7.80. The van der Waals surface area contributed by atoms with Crippen LogP contribution in [0.2, 0.25) is 0 Å². The summed E-state index contributed by atoms with van der Waals surface area (Å²) in [5.74, 6) is -0.975. The number of hydrogen-bond acceptors (Lipinski definition) is 2. The van der Waals surface area contributed by atoms with Gasteiger partial charge in [-0.25, -0.2) is 0 Å². The molecule has 4 heteroatoms. The number of carboxylic acid groups (broad SMARTS) is 1. The third-order valence-electron chi connectivity index (χ3n) is 5.15.